The Morgan fingerprint density at radius 3 is 2.64 bits per heavy atom. The van der Waals surface area contributed by atoms with E-state index < -0.39 is 11.2 Å². The topological polar surface area (TPSA) is 124 Å². The van der Waals surface area contributed by atoms with Gasteiger partial charge in [0.05, 0.1) is 5.56 Å². The molecule has 3 N–H and O–H groups in total. The molecule has 1 atom stereocenters. The van der Waals surface area contributed by atoms with Crippen LogP contribution in [0.5, 0.6) is 0 Å². The molecule has 8 heteroatoms. The molecule has 0 saturated heterocycles. The van der Waals surface area contributed by atoms with Gasteiger partial charge < -0.3 is 10.8 Å². The van der Waals surface area contributed by atoms with Crippen molar-refractivity contribution in [3.8, 4) is 22.6 Å². The van der Waals surface area contributed by atoms with Crippen molar-refractivity contribution in [3.05, 3.63) is 28.6 Å². The third-order valence-corrected chi connectivity index (χ3v) is 4.78. The molecular formula is C14H10N4O2S2. The van der Waals surface area contributed by atoms with Crippen LogP contribution in [-0.2, 0) is 4.79 Å². The fourth-order valence-electron chi connectivity index (χ4n) is 1.77. The van der Waals surface area contributed by atoms with Crippen LogP contribution in [0.3, 0.4) is 0 Å². The number of anilines is 1. The predicted octanol–water partition coefficient (Wildman–Crippen LogP) is 2.70. The largest absolute Gasteiger partial charge is 0.480 e. The number of pyridine rings is 1. The molecule has 0 fully saturated rings. The number of carbonyl (C=O) groups is 1. The second kappa shape index (κ2) is 6.48. The zero-order valence-corrected chi connectivity index (χ0v) is 13.0. The fourth-order valence-corrected chi connectivity index (χ4v) is 3.40. The highest BCUT2D eigenvalue weighted by Crippen LogP contribution is 2.38. The highest BCUT2D eigenvalue weighted by Gasteiger charge is 2.23. The first-order valence-electron chi connectivity index (χ1n) is 6.06. The lowest BCUT2D eigenvalue weighted by molar-refractivity contribution is -0.136. The zero-order chi connectivity index (χ0) is 16.3. The standard InChI is InChI=1S/C14H10N4O2S2/c1-7(14(19)20)22-13-9(6-16)11(10-3-2-4-21-10)8(5-15)12(17)18-13/h2-4,7H,1H3,(H2,17,18)(H,19,20). The summed E-state index contributed by atoms with van der Waals surface area (Å²) in [6.07, 6.45) is 0. The van der Waals surface area contributed by atoms with Gasteiger partial charge in [-0.25, -0.2) is 4.98 Å². The van der Waals surface area contributed by atoms with Crippen molar-refractivity contribution in [1.29, 1.82) is 10.5 Å². The molecule has 2 heterocycles. The molecule has 0 aliphatic heterocycles. The lowest BCUT2D eigenvalue weighted by Gasteiger charge is -2.13. The molecule has 0 radical (unpaired) electrons. The van der Waals surface area contributed by atoms with E-state index in [1.807, 2.05) is 17.5 Å². The molecule has 0 amide bonds. The Bertz CT molecular complexity index is 804. The van der Waals surface area contributed by atoms with Gasteiger partial charge in [0.1, 0.15) is 33.8 Å². The molecule has 0 saturated carbocycles. The average Bonchev–Trinajstić information content (AvgIpc) is 3.00. The van der Waals surface area contributed by atoms with Gasteiger partial charge in [-0.2, -0.15) is 10.5 Å². The van der Waals surface area contributed by atoms with Gasteiger partial charge in [-0.3, -0.25) is 4.79 Å². The van der Waals surface area contributed by atoms with Crippen molar-refractivity contribution in [2.75, 3.05) is 5.73 Å². The van der Waals surface area contributed by atoms with Gasteiger partial charge in [-0.05, 0) is 18.4 Å². The molecule has 2 rings (SSSR count). The molecule has 110 valence electrons. The van der Waals surface area contributed by atoms with Crippen molar-refractivity contribution in [2.24, 2.45) is 0 Å². The molecule has 0 aliphatic rings. The lowest BCUT2D eigenvalue weighted by atomic mass is 10.0. The van der Waals surface area contributed by atoms with E-state index in [-0.39, 0.29) is 22.0 Å². The van der Waals surface area contributed by atoms with Crippen molar-refractivity contribution in [3.63, 3.8) is 0 Å². The van der Waals surface area contributed by atoms with Crippen LogP contribution >= 0.6 is 23.1 Å². The van der Waals surface area contributed by atoms with Crippen LogP contribution in [0.15, 0.2) is 22.5 Å². The Morgan fingerprint density at radius 2 is 2.14 bits per heavy atom. The van der Waals surface area contributed by atoms with Gasteiger partial charge in [0.2, 0.25) is 0 Å². The van der Waals surface area contributed by atoms with E-state index in [9.17, 15) is 15.3 Å². The van der Waals surface area contributed by atoms with Crippen molar-refractivity contribution < 1.29 is 9.90 Å². The summed E-state index contributed by atoms with van der Waals surface area (Å²) in [5.74, 6) is -1.03. The maximum Gasteiger partial charge on any atom is 0.316 e. The van der Waals surface area contributed by atoms with Crippen LogP contribution in [0.2, 0.25) is 0 Å². The lowest BCUT2D eigenvalue weighted by Crippen LogP contribution is -2.13. The average molecular weight is 330 g/mol. The Morgan fingerprint density at radius 1 is 1.45 bits per heavy atom. The van der Waals surface area contributed by atoms with Crippen molar-refractivity contribution in [2.45, 2.75) is 17.2 Å². The number of carboxylic acid groups (broad SMARTS) is 1. The van der Waals surface area contributed by atoms with Crippen LogP contribution in [0.25, 0.3) is 10.4 Å². The summed E-state index contributed by atoms with van der Waals surface area (Å²) in [4.78, 5) is 15.8. The molecule has 0 aliphatic carbocycles. The van der Waals surface area contributed by atoms with E-state index >= 15 is 0 Å². The maximum atomic E-state index is 11.0. The summed E-state index contributed by atoms with van der Waals surface area (Å²) in [7, 11) is 0. The SMILES string of the molecule is CC(Sc1nc(N)c(C#N)c(-c2cccs2)c1C#N)C(=O)O. The van der Waals surface area contributed by atoms with E-state index in [2.05, 4.69) is 4.98 Å². The summed E-state index contributed by atoms with van der Waals surface area (Å²) in [5.41, 5.74) is 6.53. The van der Waals surface area contributed by atoms with Gasteiger partial charge in [0.15, 0.2) is 0 Å². The van der Waals surface area contributed by atoms with Gasteiger partial charge in [-0.15, -0.1) is 11.3 Å². The van der Waals surface area contributed by atoms with Gasteiger partial charge in [-0.1, -0.05) is 17.8 Å². The molecule has 2 aromatic heterocycles. The molecular weight excluding hydrogens is 320 g/mol. The Balaban J connectivity index is 2.71. The normalized spacial score (nSPS) is 11.4. The second-order valence-corrected chi connectivity index (χ2v) is 6.50. The Hall–Kier alpha value is -2.55. The number of nitriles is 2. The third kappa shape index (κ3) is 2.89. The van der Waals surface area contributed by atoms with E-state index in [1.54, 1.807) is 12.1 Å². The summed E-state index contributed by atoms with van der Waals surface area (Å²) in [6.45, 7) is 1.50. The molecule has 0 spiro atoms. The van der Waals surface area contributed by atoms with Crippen LogP contribution < -0.4 is 5.73 Å². The van der Waals surface area contributed by atoms with Gasteiger partial charge >= 0.3 is 5.97 Å². The highest BCUT2D eigenvalue weighted by molar-refractivity contribution is 8.00. The number of aliphatic carboxylic acids is 1. The summed E-state index contributed by atoms with van der Waals surface area (Å²) in [6, 6.07) is 7.57. The first-order chi connectivity index (χ1) is 10.5. The van der Waals surface area contributed by atoms with Crippen LogP contribution in [0, 0.1) is 22.7 Å². The smallest absolute Gasteiger partial charge is 0.316 e. The van der Waals surface area contributed by atoms with E-state index in [4.69, 9.17) is 10.8 Å². The number of aromatic nitrogens is 1. The number of nitrogen functional groups attached to an aromatic ring is 1. The van der Waals surface area contributed by atoms with Crippen LogP contribution in [0.4, 0.5) is 5.82 Å². The number of thiophene rings is 1. The molecule has 2 aromatic rings. The quantitative estimate of drug-likeness (QED) is 0.826. The summed E-state index contributed by atoms with van der Waals surface area (Å²) >= 11 is 2.30. The van der Waals surface area contributed by atoms with Crippen LogP contribution in [0.1, 0.15) is 18.1 Å². The second-order valence-electron chi connectivity index (χ2n) is 4.23. The third-order valence-electron chi connectivity index (χ3n) is 2.82. The van der Waals surface area contributed by atoms with Crippen molar-refractivity contribution in [1.82, 2.24) is 4.98 Å². The van der Waals surface area contributed by atoms with E-state index in [0.717, 1.165) is 11.8 Å². The minimum Gasteiger partial charge on any atom is -0.480 e. The number of hydrogen-bond acceptors (Lipinski definition) is 7. The fraction of sp³-hybridized carbons (Fsp3) is 0.143. The minimum absolute atomic E-state index is 0.00927. The number of carboxylic acids is 1. The van der Waals surface area contributed by atoms with Crippen molar-refractivity contribution >= 4 is 34.9 Å². The maximum absolute atomic E-state index is 11.0. The molecule has 22 heavy (non-hydrogen) atoms. The molecule has 0 bridgehead atoms. The van der Waals surface area contributed by atoms with E-state index in [1.165, 1.54) is 18.3 Å². The zero-order valence-electron chi connectivity index (χ0n) is 11.4. The summed E-state index contributed by atoms with van der Waals surface area (Å²) < 4.78 is 0. The van der Waals surface area contributed by atoms with Gasteiger partial charge in [0.25, 0.3) is 0 Å². The number of nitrogens with zero attached hydrogens (tertiary/aromatic N) is 3. The number of hydrogen-bond donors (Lipinski definition) is 2. The minimum atomic E-state index is -1.02. The van der Waals surface area contributed by atoms with Gasteiger partial charge in [0, 0.05) is 10.4 Å². The highest BCUT2D eigenvalue weighted by atomic mass is 32.2. The number of rotatable bonds is 4. The Labute approximate surface area is 134 Å². The molecule has 1 unspecified atom stereocenters. The predicted molar refractivity (Wildman–Crippen MR) is 84.3 cm³/mol. The molecule has 0 aromatic carbocycles. The van der Waals surface area contributed by atoms with E-state index in [0.29, 0.717) is 10.4 Å². The summed E-state index contributed by atoms with van der Waals surface area (Å²) in [5, 5.41) is 29.0. The monoisotopic (exact) mass is 330 g/mol. The van der Waals surface area contributed by atoms with Crippen LogP contribution in [-0.4, -0.2) is 21.3 Å². The Kier molecular flexibility index (Phi) is 4.66. The number of nitrogens with two attached hydrogens (primary N) is 1. The molecule has 6 nitrogen and oxygen atoms in total. The first kappa shape index (κ1) is 15.8. The first-order valence-corrected chi connectivity index (χ1v) is 7.82. The number of thioether (sulfide) groups is 1.